The summed E-state index contributed by atoms with van der Waals surface area (Å²) < 4.78 is 1.81. The van der Waals surface area contributed by atoms with Crippen molar-refractivity contribution in [3.05, 3.63) is 54.0 Å². The Labute approximate surface area is 146 Å². The molecule has 2 atom stereocenters. The number of nitrogens with one attached hydrogen (secondary N) is 2. The van der Waals surface area contributed by atoms with Gasteiger partial charge in [0.05, 0.1) is 12.1 Å². The van der Waals surface area contributed by atoms with Crippen molar-refractivity contribution in [1.29, 1.82) is 0 Å². The van der Waals surface area contributed by atoms with E-state index in [1.54, 1.807) is 11.7 Å². The molecule has 0 unspecified atom stereocenters. The zero-order chi connectivity index (χ0) is 17.4. The van der Waals surface area contributed by atoms with Crippen molar-refractivity contribution in [3.63, 3.8) is 0 Å². The molecule has 0 radical (unpaired) electrons. The number of aromatic amines is 1. The van der Waals surface area contributed by atoms with Crippen LogP contribution in [0.25, 0.3) is 10.9 Å². The van der Waals surface area contributed by atoms with E-state index < -0.39 is 0 Å². The molecular weight excluding hydrogens is 314 g/mol. The van der Waals surface area contributed by atoms with Crippen molar-refractivity contribution in [2.24, 2.45) is 13.0 Å². The van der Waals surface area contributed by atoms with Gasteiger partial charge in [-0.3, -0.25) is 14.4 Å². The van der Waals surface area contributed by atoms with Crippen LogP contribution in [0, 0.1) is 5.92 Å². The van der Waals surface area contributed by atoms with E-state index in [4.69, 9.17) is 0 Å². The van der Waals surface area contributed by atoms with Gasteiger partial charge in [-0.15, -0.1) is 0 Å². The van der Waals surface area contributed by atoms with Crippen molar-refractivity contribution in [3.8, 4) is 0 Å². The molecule has 2 N–H and O–H groups in total. The first kappa shape index (κ1) is 15.9. The van der Waals surface area contributed by atoms with E-state index in [-0.39, 0.29) is 17.7 Å². The van der Waals surface area contributed by atoms with Gasteiger partial charge >= 0.3 is 0 Å². The van der Waals surface area contributed by atoms with Crippen LogP contribution in [0.3, 0.4) is 0 Å². The summed E-state index contributed by atoms with van der Waals surface area (Å²) in [6.07, 6.45) is 5.89. The summed E-state index contributed by atoms with van der Waals surface area (Å²) in [5.74, 6) is 0.245. The Morgan fingerprint density at radius 1 is 1.36 bits per heavy atom. The Morgan fingerprint density at radius 3 is 3.00 bits per heavy atom. The number of rotatable bonds is 4. The van der Waals surface area contributed by atoms with Gasteiger partial charge in [-0.2, -0.15) is 5.10 Å². The van der Waals surface area contributed by atoms with Gasteiger partial charge in [-0.25, -0.2) is 0 Å². The van der Waals surface area contributed by atoms with Crippen LogP contribution in [0.5, 0.6) is 0 Å². The van der Waals surface area contributed by atoms with Gasteiger partial charge in [-0.05, 0) is 23.3 Å². The number of hydrogen-bond donors (Lipinski definition) is 2. The zero-order valence-corrected chi connectivity index (χ0v) is 14.6. The van der Waals surface area contributed by atoms with Crippen molar-refractivity contribution < 1.29 is 4.79 Å². The van der Waals surface area contributed by atoms with E-state index in [9.17, 15) is 4.79 Å². The van der Waals surface area contributed by atoms with Crippen molar-refractivity contribution in [2.75, 3.05) is 20.1 Å². The lowest BCUT2D eigenvalue weighted by molar-refractivity contribution is -0.124. The lowest BCUT2D eigenvalue weighted by Crippen LogP contribution is -2.32. The molecule has 4 rings (SSSR count). The summed E-state index contributed by atoms with van der Waals surface area (Å²) in [4.78, 5) is 18.0. The van der Waals surface area contributed by atoms with Gasteiger partial charge < -0.3 is 10.3 Å². The monoisotopic (exact) mass is 337 g/mol. The number of carbonyl (C=O) groups is 1. The Hall–Kier alpha value is -2.60. The van der Waals surface area contributed by atoms with Crippen molar-refractivity contribution in [2.45, 2.75) is 12.5 Å². The molecule has 3 heterocycles. The third-order valence-electron chi connectivity index (χ3n) is 5.21. The normalized spacial score (nSPS) is 21.0. The maximum atomic E-state index is 12.4. The predicted octanol–water partition coefficient (Wildman–Crippen LogP) is 1.86. The fourth-order valence-corrected chi connectivity index (χ4v) is 3.96. The van der Waals surface area contributed by atoms with E-state index in [1.807, 2.05) is 25.6 Å². The van der Waals surface area contributed by atoms with Gasteiger partial charge in [0, 0.05) is 62.9 Å². The molecular formula is C19H23N5O. The molecule has 1 fully saturated rings. The highest BCUT2D eigenvalue weighted by atomic mass is 16.1. The maximum Gasteiger partial charge on any atom is 0.224 e. The topological polar surface area (TPSA) is 66.0 Å². The van der Waals surface area contributed by atoms with Gasteiger partial charge in [0.15, 0.2) is 0 Å². The molecule has 130 valence electrons. The van der Waals surface area contributed by atoms with Crippen molar-refractivity contribution >= 4 is 16.8 Å². The number of benzene rings is 1. The summed E-state index contributed by atoms with van der Waals surface area (Å²) in [6.45, 7) is 2.48. The molecule has 2 aromatic heterocycles. The number of aromatic nitrogens is 3. The molecule has 6 heteroatoms. The minimum Gasteiger partial charge on any atom is -0.361 e. The average molecular weight is 337 g/mol. The second-order valence-electron chi connectivity index (χ2n) is 6.82. The SMILES string of the molecule is CNC(=O)[C@H]1CN(Cc2cccc3[nH]ccc23)C[C@@H]1c1cnn(C)c1. The van der Waals surface area contributed by atoms with Gasteiger partial charge in [0.25, 0.3) is 0 Å². The number of nitrogens with zero attached hydrogens (tertiary/aromatic N) is 3. The van der Waals surface area contributed by atoms with E-state index in [2.05, 4.69) is 44.6 Å². The molecule has 3 aromatic rings. The molecule has 1 aliphatic rings. The minimum absolute atomic E-state index is 0.0420. The number of likely N-dealkylation sites (tertiary alicyclic amines) is 1. The van der Waals surface area contributed by atoms with Crippen LogP contribution in [-0.4, -0.2) is 45.7 Å². The number of aryl methyl sites for hydroxylation is 1. The van der Waals surface area contributed by atoms with Gasteiger partial charge in [0.2, 0.25) is 5.91 Å². The van der Waals surface area contributed by atoms with Crippen LogP contribution < -0.4 is 5.32 Å². The Kier molecular flexibility index (Phi) is 4.05. The number of fused-ring (bicyclic) bond motifs is 1. The van der Waals surface area contributed by atoms with Crippen LogP contribution >= 0.6 is 0 Å². The molecule has 0 bridgehead atoms. The first-order valence-corrected chi connectivity index (χ1v) is 8.63. The summed E-state index contributed by atoms with van der Waals surface area (Å²) >= 11 is 0. The van der Waals surface area contributed by atoms with Crippen LogP contribution in [-0.2, 0) is 18.4 Å². The Bertz CT molecular complexity index is 896. The summed E-state index contributed by atoms with van der Waals surface area (Å²) in [5, 5.41) is 8.37. The third kappa shape index (κ3) is 2.93. The second kappa shape index (κ2) is 6.37. The highest BCUT2D eigenvalue weighted by molar-refractivity contribution is 5.83. The Morgan fingerprint density at radius 2 is 2.24 bits per heavy atom. The molecule has 1 amide bonds. The first-order valence-electron chi connectivity index (χ1n) is 8.63. The summed E-state index contributed by atoms with van der Waals surface area (Å²) in [5.41, 5.74) is 3.59. The predicted molar refractivity (Wildman–Crippen MR) is 97.1 cm³/mol. The standard InChI is InChI=1S/C19H23N5O/c1-20-19(25)17-12-24(11-16(17)14-8-22-23(2)9-14)10-13-4-3-5-18-15(13)6-7-21-18/h3-9,16-17,21H,10-12H2,1-2H3,(H,20,25)/t16-,17+/m1/s1. The van der Waals surface area contributed by atoms with Gasteiger partial charge in [0.1, 0.15) is 0 Å². The lowest BCUT2D eigenvalue weighted by Gasteiger charge is -2.16. The minimum atomic E-state index is -0.0420. The van der Waals surface area contributed by atoms with Crippen LogP contribution in [0.1, 0.15) is 17.0 Å². The highest BCUT2D eigenvalue weighted by Crippen LogP contribution is 2.34. The lowest BCUT2D eigenvalue weighted by atomic mass is 9.90. The van der Waals surface area contributed by atoms with E-state index in [1.165, 1.54) is 10.9 Å². The first-order chi connectivity index (χ1) is 12.2. The molecule has 25 heavy (non-hydrogen) atoms. The average Bonchev–Trinajstić information content (AvgIpc) is 3.33. The maximum absolute atomic E-state index is 12.4. The van der Waals surface area contributed by atoms with Crippen LogP contribution in [0.4, 0.5) is 0 Å². The molecule has 1 saturated heterocycles. The quantitative estimate of drug-likeness (QED) is 0.764. The van der Waals surface area contributed by atoms with Gasteiger partial charge in [-0.1, -0.05) is 12.1 Å². The number of hydrogen-bond acceptors (Lipinski definition) is 3. The molecule has 6 nitrogen and oxygen atoms in total. The van der Waals surface area contributed by atoms with Crippen molar-refractivity contribution in [1.82, 2.24) is 25.0 Å². The molecule has 0 spiro atoms. The second-order valence-corrected chi connectivity index (χ2v) is 6.82. The van der Waals surface area contributed by atoms with E-state index >= 15 is 0 Å². The smallest absolute Gasteiger partial charge is 0.224 e. The zero-order valence-electron chi connectivity index (χ0n) is 14.6. The van der Waals surface area contributed by atoms with E-state index in [0.717, 1.165) is 30.7 Å². The number of H-pyrrole nitrogens is 1. The Balaban J connectivity index is 1.59. The fraction of sp³-hybridized carbons (Fsp3) is 0.368. The molecule has 0 saturated carbocycles. The molecule has 0 aliphatic carbocycles. The van der Waals surface area contributed by atoms with E-state index in [0.29, 0.717) is 0 Å². The molecule has 1 aromatic carbocycles. The molecule has 1 aliphatic heterocycles. The fourth-order valence-electron chi connectivity index (χ4n) is 3.96. The number of amides is 1. The number of carbonyl (C=O) groups excluding carboxylic acids is 1. The third-order valence-corrected chi connectivity index (χ3v) is 5.21. The highest BCUT2D eigenvalue weighted by Gasteiger charge is 2.38. The largest absolute Gasteiger partial charge is 0.361 e. The summed E-state index contributed by atoms with van der Waals surface area (Å²) in [6, 6.07) is 8.46. The van der Waals surface area contributed by atoms with Crippen LogP contribution in [0.15, 0.2) is 42.9 Å². The summed E-state index contributed by atoms with van der Waals surface area (Å²) in [7, 11) is 3.63. The van der Waals surface area contributed by atoms with Crippen LogP contribution in [0.2, 0.25) is 0 Å².